The second-order valence-corrected chi connectivity index (χ2v) is 4.67. The van der Waals surface area contributed by atoms with E-state index in [0.29, 0.717) is 17.8 Å². The normalized spacial score (nSPS) is 19.6. The minimum atomic E-state index is -0.345. The van der Waals surface area contributed by atoms with Gasteiger partial charge in [-0.05, 0) is 30.2 Å². The van der Waals surface area contributed by atoms with Crippen molar-refractivity contribution in [1.82, 2.24) is 20.2 Å². The molecule has 5 nitrogen and oxygen atoms in total. The second-order valence-electron chi connectivity index (χ2n) is 4.67. The summed E-state index contributed by atoms with van der Waals surface area (Å²) in [4.78, 5) is 13.2. The summed E-state index contributed by atoms with van der Waals surface area (Å²) in [7, 11) is 0. The topological polar surface area (TPSA) is 60.7 Å². The zero-order valence-electron chi connectivity index (χ0n) is 10.3. The number of hydrogen-bond donors (Lipinski definition) is 0. The molecule has 0 bridgehead atoms. The first-order valence-electron chi connectivity index (χ1n) is 6.32. The van der Waals surface area contributed by atoms with Crippen LogP contribution in [-0.4, -0.2) is 26.0 Å². The summed E-state index contributed by atoms with van der Waals surface area (Å²) < 4.78 is 13.1. The molecule has 6 heteroatoms. The molecule has 0 amide bonds. The average molecular weight is 260 g/mol. The highest BCUT2D eigenvalue weighted by Gasteiger charge is 2.26. The fourth-order valence-electron chi connectivity index (χ4n) is 2.31. The van der Waals surface area contributed by atoms with Gasteiger partial charge in [-0.3, -0.25) is 4.79 Å². The van der Waals surface area contributed by atoms with Crippen LogP contribution in [0.4, 0.5) is 4.39 Å². The van der Waals surface area contributed by atoms with Gasteiger partial charge in [0.05, 0.1) is 0 Å². The van der Waals surface area contributed by atoms with Crippen LogP contribution in [0.2, 0.25) is 0 Å². The van der Waals surface area contributed by atoms with E-state index in [1.165, 1.54) is 16.9 Å². The van der Waals surface area contributed by atoms with E-state index in [4.69, 9.17) is 0 Å². The van der Waals surface area contributed by atoms with Crippen molar-refractivity contribution in [2.24, 2.45) is 0 Å². The molecule has 2 aromatic rings. The van der Waals surface area contributed by atoms with E-state index in [-0.39, 0.29) is 17.6 Å². The van der Waals surface area contributed by atoms with Crippen LogP contribution in [0.5, 0.6) is 0 Å². The Balaban J connectivity index is 1.89. The maximum Gasteiger partial charge on any atom is 0.205 e. The van der Waals surface area contributed by atoms with Crippen LogP contribution in [-0.2, 0) is 4.79 Å². The standard InChI is InChI=1S/C13H13FN4O/c14-10-5-3-4-9(8-10)13-15-17-18(16-13)11-6-1-2-7-12(11)19/h3-5,8,11H,1-2,6-7H2/t11-/m1/s1. The lowest BCUT2D eigenvalue weighted by molar-refractivity contribution is -0.124. The SMILES string of the molecule is O=C1CCCC[C@H]1n1nnc(-c2cccc(F)c2)n1. The quantitative estimate of drug-likeness (QED) is 0.830. The van der Waals surface area contributed by atoms with Gasteiger partial charge in [-0.1, -0.05) is 18.6 Å². The molecular weight excluding hydrogens is 247 g/mol. The molecule has 0 aliphatic heterocycles. The number of Topliss-reactive ketones (excluding diaryl/α,β-unsaturated/α-hetero) is 1. The predicted molar refractivity (Wildman–Crippen MR) is 65.7 cm³/mol. The number of carbonyl (C=O) groups excluding carboxylic acids is 1. The smallest absolute Gasteiger partial charge is 0.205 e. The molecule has 1 atom stereocenters. The predicted octanol–water partition coefficient (Wildman–Crippen LogP) is 2.16. The van der Waals surface area contributed by atoms with Crippen molar-refractivity contribution in [2.75, 3.05) is 0 Å². The highest BCUT2D eigenvalue weighted by atomic mass is 19.1. The first kappa shape index (κ1) is 12.0. The molecule has 0 saturated heterocycles. The summed E-state index contributed by atoms with van der Waals surface area (Å²) in [5.74, 6) is 0.148. The molecule has 1 saturated carbocycles. The molecule has 98 valence electrons. The number of nitrogens with zero attached hydrogens (tertiary/aromatic N) is 4. The van der Waals surface area contributed by atoms with E-state index < -0.39 is 0 Å². The molecular formula is C13H13FN4O. The third-order valence-corrected chi connectivity index (χ3v) is 3.31. The van der Waals surface area contributed by atoms with Crippen LogP contribution in [0.15, 0.2) is 24.3 Å². The number of halogens is 1. The lowest BCUT2D eigenvalue weighted by atomic mass is 9.95. The van der Waals surface area contributed by atoms with Crippen molar-refractivity contribution in [1.29, 1.82) is 0 Å². The Morgan fingerprint density at radius 3 is 3.00 bits per heavy atom. The van der Waals surface area contributed by atoms with Gasteiger partial charge in [0.15, 0.2) is 5.78 Å². The average Bonchev–Trinajstić information content (AvgIpc) is 2.89. The lowest BCUT2D eigenvalue weighted by Crippen LogP contribution is -2.25. The van der Waals surface area contributed by atoms with Crippen LogP contribution in [0, 0.1) is 5.82 Å². The van der Waals surface area contributed by atoms with Crippen molar-refractivity contribution >= 4 is 5.78 Å². The number of carbonyl (C=O) groups is 1. The first-order chi connectivity index (χ1) is 9.24. The summed E-state index contributed by atoms with van der Waals surface area (Å²) in [6, 6.07) is 5.70. The molecule has 1 aromatic carbocycles. The Kier molecular flexibility index (Phi) is 3.06. The Morgan fingerprint density at radius 2 is 2.21 bits per heavy atom. The highest BCUT2D eigenvalue weighted by molar-refractivity contribution is 5.82. The van der Waals surface area contributed by atoms with Crippen molar-refractivity contribution in [2.45, 2.75) is 31.7 Å². The van der Waals surface area contributed by atoms with Gasteiger partial charge in [-0.25, -0.2) is 4.39 Å². The summed E-state index contributed by atoms with van der Waals surface area (Å²) in [5, 5.41) is 12.0. The fourth-order valence-corrected chi connectivity index (χ4v) is 2.31. The molecule has 0 radical (unpaired) electrons. The third-order valence-electron chi connectivity index (χ3n) is 3.31. The molecule has 1 aliphatic rings. The summed E-state index contributed by atoms with van der Waals surface area (Å²) in [6.45, 7) is 0. The Morgan fingerprint density at radius 1 is 1.32 bits per heavy atom. The van der Waals surface area contributed by atoms with Gasteiger partial charge in [-0.2, -0.15) is 4.80 Å². The lowest BCUT2D eigenvalue weighted by Gasteiger charge is -2.18. The maximum absolute atomic E-state index is 13.1. The summed E-state index contributed by atoms with van der Waals surface area (Å²) >= 11 is 0. The first-order valence-corrected chi connectivity index (χ1v) is 6.32. The van der Waals surface area contributed by atoms with Gasteiger partial charge in [0.25, 0.3) is 0 Å². The molecule has 1 aromatic heterocycles. The Hall–Kier alpha value is -2.11. The molecule has 0 unspecified atom stereocenters. The van der Waals surface area contributed by atoms with Crippen molar-refractivity contribution in [3.05, 3.63) is 30.1 Å². The minimum Gasteiger partial charge on any atom is -0.297 e. The number of hydrogen-bond acceptors (Lipinski definition) is 4. The van der Waals surface area contributed by atoms with E-state index in [1.807, 2.05) is 0 Å². The van der Waals surface area contributed by atoms with E-state index in [1.54, 1.807) is 12.1 Å². The second kappa shape index (κ2) is 4.87. The summed E-state index contributed by atoms with van der Waals surface area (Å²) in [6.07, 6.45) is 3.24. The number of ketones is 1. The van der Waals surface area contributed by atoms with E-state index >= 15 is 0 Å². The third kappa shape index (κ3) is 2.38. The molecule has 0 spiro atoms. The van der Waals surface area contributed by atoms with Crippen LogP contribution in [0.3, 0.4) is 0 Å². The van der Waals surface area contributed by atoms with Gasteiger partial charge in [0, 0.05) is 12.0 Å². The minimum absolute atomic E-state index is 0.148. The van der Waals surface area contributed by atoms with Gasteiger partial charge in [0.1, 0.15) is 11.9 Å². The fraction of sp³-hybridized carbons (Fsp3) is 0.385. The highest BCUT2D eigenvalue weighted by Crippen LogP contribution is 2.24. The monoisotopic (exact) mass is 260 g/mol. The molecule has 1 fully saturated rings. The van der Waals surface area contributed by atoms with Crippen LogP contribution in [0.1, 0.15) is 31.7 Å². The number of aromatic nitrogens is 4. The Bertz CT molecular complexity index is 610. The zero-order chi connectivity index (χ0) is 13.2. The summed E-state index contributed by atoms with van der Waals surface area (Å²) in [5.41, 5.74) is 0.564. The molecule has 1 aliphatic carbocycles. The molecule has 1 heterocycles. The maximum atomic E-state index is 13.1. The van der Waals surface area contributed by atoms with Crippen molar-refractivity contribution in [3.8, 4) is 11.4 Å². The van der Waals surface area contributed by atoms with Crippen LogP contribution >= 0.6 is 0 Å². The Labute approximate surface area is 109 Å². The van der Waals surface area contributed by atoms with Gasteiger partial charge in [0.2, 0.25) is 5.82 Å². The van der Waals surface area contributed by atoms with E-state index in [9.17, 15) is 9.18 Å². The van der Waals surface area contributed by atoms with Gasteiger partial charge < -0.3 is 0 Å². The largest absolute Gasteiger partial charge is 0.297 e. The van der Waals surface area contributed by atoms with E-state index in [0.717, 1.165) is 19.3 Å². The van der Waals surface area contributed by atoms with Crippen molar-refractivity contribution in [3.63, 3.8) is 0 Å². The number of rotatable bonds is 2. The molecule has 3 rings (SSSR count). The van der Waals surface area contributed by atoms with Gasteiger partial charge >= 0.3 is 0 Å². The van der Waals surface area contributed by atoms with Crippen LogP contribution < -0.4 is 0 Å². The molecule has 19 heavy (non-hydrogen) atoms. The molecule has 0 N–H and O–H groups in total. The number of tetrazole rings is 1. The number of benzene rings is 1. The van der Waals surface area contributed by atoms with E-state index in [2.05, 4.69) is 15.4 Å². The zero-order valence-corrected chi connectivity index (χ0v) is 10.3. The van der Waals surface area contributed by atoms with Crippen molar-refractivity contribution < 1.29 is 9.18 Å². The van der Waals surface area contributed by atoms with Crippen LogP contribution in [0.25, 0.3) is 11.4 Å². The van der Waals surface area contributed by atoms with Gasteiger partial charge in [-0.15, -0.1) is 10.2 Å².